The van der Waals surface area contributed by atoms with Crippen molar-refractivity contribution < 1.29 is 22.8 Å². The van der Waals surface area contributed by atoms with Crippen LogP contribution in [0.4, 0.5) is 13.2 Å². The Morgan fingerprint density at radius 2 is 1.84 bits per heavy atom. The minimum Gasteiger partial charge on any atom is -0.355 e. The van der Waals surface area contributed by atoms with Crippen molar-refractivity contribution in [1.29, 1.82) is 0 Å². The third kappa shape index (κ3) is 4.22. The molecule has 4 atom stereocenters. The number of allylic oxidation sites excluding steroid dienone is 2. The van der Waals surface area contributed by atoms with Crippen molar-refractivity contribution in [1.82, 2.24) is 15.5 Å². The number of alkyl halides is 3. The average molecular weight is 444 g/mol. The highest BCUT2D eigenvalue weighted by Crippen LogP contribution is 2.52. The van der Waals surface area contributed by atoms with Crippen molar-refractivity contribution in [3.63, 3.8) is 0 Å². The predicted octanol–water partition coefficient (Wildman–Crippen LogP) is 2.03. The molecule has 2 bridgehead atoms. The normalized spacial score (nSPS) is 26.2. The number of nitrogens with zero attached hydrogens (tertiary/aromatic N) is 2. The molecule has 2 N–H and O–H groups in total. The number of nitrogens with one attached hydrogen (secondary N) is 2. The molecule has 4 unspecified atom stereocenters. The van der Waals surface area contributed by atoms with Crippen LogP contribution in [-0.2, 0) is 15.8 Å². The van der Waals surface area contributed by atoms with Gasteiger partial charge in [-0.25, -0.2) is 0 Å². The van der Waals surface area contributed by atoms with Crippen LogP contribution in [0.3, 0.4) is 0 Å². The van der Waals surface area contributed by atoms with Gasteiger partial charge in [0.2, 0.25) is 11.8 Å². The van der Waals surface area contributed by atoms with Crippen LogP contribution in [-0.4, -0.2) is 49.4 Å². The lowest BCUT2D eigenvalue weighted by Crippen LogP contribution is -2.43. The van der Waals surface area contributed by atoms with Gasteiger partial charge in [-0.3, -0.25) is 19.5 Å². The molecule has 0 spiro atoms. The zero-order valence-corrected chi connectivity index (χ0v) is 17.4. The molecule has 9 heteroatoms. The van der Waals surface area contributed by atoms with Crippen molar-refractivity contribution >= 4 is 17.8 Å². The maximum atomic E-state index is 12.8. The Kier molecular flexibility index (Phi) is 5.96. The summed E-state index contributed by atoms with van der Waals surface area (Å²) in [6, 6.07) is 4.83. The highest BCUT2D eigenvalue weighted by Gasteiger charge is 2.58. The number of likely N-dealkylation sites (tertiary alicyclic amines) is 1. The number of rotatable bonds is 4. The van der Waals surface area contributed by atoms with E-state index in [9.17, 15) is 22.8 Å². The van der Waals surface area contributed by atoms with Crippen LogP contribution < -0.4 is 10.6 Å². The summed E-state index contributed by atoms with van der Waals surface area (Å²) < 4.78 is 38.3. The first-order valence-electron chi connectivity index (χ1n) is 10.4. The molecule has 1 aliphatic heterocycles. The monoisotopic (exact) mass is 444 g/mol. The molecule has 32 heavy (non-hydrogen) atoms. The number of hydrogen-bond donors (Lipinski definition) is 2. The van der Waals surface area contributed by atoms with Gasteiger partial charge < -0.3 is 10.6 Å². The van der Waals surface area contributed by atoms with E-state index in [0.29, 0.717) is 12.5 Å². The fourth-order valence-electron chi connectivity index (χ4n) is 4.74. The minimum atomic E-state index is -4.41. The van der Waals surface area contributed by atoms with Crippen molar-refractivity contribution in [3.05, 3.63) is 47.5 Å². The molecule has 168 valence electrons. The Labute approximate surface area is 184 Å². The summed E-state index contributed by atoms with van der Waals surface area (Å²) >= 11 is 0. The molecule has 1 aromatic rings. The lowest BCUT2D eigenvalue weighted by molar-refractivity contribution is -0.140. The van der Waals surface area contributed by atoms with Crippen LogP contribution >= 0.6 is 0 Å². The van der Waals surface area contributed by atoms with Crippen LogP contribution in [0, 0.1) is 35.5 Å². The lowest BCUT2D eigenvalue weighted by atomic mass is 9.85. The van der Waals surface area contributed by atoms with Crippen molar-refractivity contribution in [3.8, 4) is 11.8 Å². The van der Waals surface area contributed by atoms with Crippen LogP contribution in [0.25, 0.3) is 0 Å². The van der Waals surface area contributed by atoms with Gasteiger partial charge >= 0.3 is 6.18 Å². The maximum Gasteiger partial charge on any atom is 0.416 e. The van der Waals surface area contributed by atoms with Gasteiger partial charge in [0.05, 0.1) is 23.9 Å². The Morgan fingerprint density at radius 3 is 2.47 bits per heavy atom. The number of aliphatic imine (C=N–C) groups is 1. The van der Waals surface area contributed by atoms with Crippen LogP contribution in [0.5, 0.6) is 0 Å². The average Bonchev–Trinajstić information content (AvgIpc) is 3.44. The van der Waals surface area contributed by atoms with Gasteiger partial charge in [0.25, 0.3) is 0 Å². The van der Waals surface area contributed by atoms with Gasteiger partial charge in [-0.2, -0.15) is 13.2 Å². The molecule has 0 radical (unpaired) electrons. The summed E-state index contributed by atoms with van der Waals surface area (Å²) in [6.07, 6.45) is 0.613. The maximum absolute atomic E-state index is 12.8. The molecule has 3 aliphatic rings. The largest absolute Gasteiger partial charge is 0.416 e. The number of benzene rings is 1. The summed E-state index contributed by atoms with van der Waals surface area (Å²) in [5, 5.41) is 5.97. The Morgan fingerprint density at radius 1 is 1.16 bits per heavy atom. The van der Waals surface area contributed by atoms with E-state index in [1.165, 1.54) is 17.0 Å². The lowest BCUT2D eigenvalue weighted by Gasteiger charge is -2.18. The van der Waals surface area contributed by atoms with E-state index in [-0.39, 0.29) is 54.1 Å². The topological polar surface area (TPSA) is 73.8 Å². The summed E-state index contributed by atoms with van der Waals surface area (Å²) in [5.41, 5.74) is -0.474. The van der Waals surface area contributed by atoms with E-state index < -0.39 is 11.7 Å². The number of hydrogen-bond acceptors (Lipinski definition) is 3. The highest BCUT2D eigenvalue weighted by molar-refractivity contribution is 6.06. The zero-order chi connectivity index (χ0) is 22.9. The van der Waals surface area contributed by atoms with Crippen LogP contribution in [0.15, 0.2) is 41.4 Å². The number of carbonyl (C=O) groups excluding carboxylic acids is 2. The van der Waals surface area contributed by atoms with Gasteiger partial charge in [-0.15, -0.1) is 0 Å². The fraction of sp³-hybridized carbons (Fsp3) is 0.435. The number of fused-ring (bicyclic) bond motifs is 5. The SMILES string of the molecule is CN=C(NCC#Cc1cccc(C(F)(F)F)c1)NCCN1C(=O)C2C3C=CC(C3)C2C1=O. The van der Waals surface area contributed by atoms with Crippen LogP contribution in [0.2, 0.25) is 0 Å². The number of guanidine groups is 1. The quantitative estimate of drug-likeness (QED) is 0.245. The molecule has 1 heterocycles. The number of halogens is 3. The number of carbonyl (C=O) groups is 2. The first kappa shape index (κ1) is 21.9. The van der Waals surface area contributed by atoms with Crippen molar-refractivity contribution in [2.75, 3.05) is 26.7 Å². The molecule has 6 nitrogen and oxygen atoms in total. The zero-order valence-electron chi connectivity index (χ0n) is 17.4. The Hall–Kier alpha value is -3.28. The number of imide groups is 1. The second-order valence-corrected chi connectivity index (χ2v) is 8.06. The standard InChI is InChI=1S/C23H23F3N4O2/c1-27-22(28-9-3-5-14-4-2-6-17(12-14)23(24,25)26)29-10-11-30-20(31)18-15-7-8-16(13-15)19(18)21(30)32/h2,4,6-8,12,15-16,18-19H,9-11,13H2,1H3,(H2,27,28,29). The van der Waals surface area contributed by atoms with E-state index in [1.807, 2.05) is 0 Å². The molecule has 1 saturated heterocycles. The smallest absolute Gasteiger partial charge is 0.355 e. The van der Waals surface area contributed by atoms with Crippen LogP contribution in [0.1, 0.15) is 17.5 Å². The van der Waals surface area contributed by atoms with Crippen molar-refractivity contribution in [2.24, 2.45) is 28.7 Å². The van der Waals surface area contributed by atoms with E-state index in [2.05, 4.69) is 39.6 Å². The third-order valence-corrected chi connectivity index (χ3v) is 6.18. The molecule has 2 fully saturated rings. The van der Waals surface area contributed by atoms with Gasteiger partial charge in [-0.1, -0.05) is 30.1 Å². The van der Waals surface area contributed by atoms with Gasteiger partial charge in [0, 0.05) is 25.7 Å². The molecule has 1 saturated carbocycles. The second kappa shape index (κ2) is 8.69. The fourth-order valence-corrected chi connectivity index (χ4v) is 4.74. The Bertz CT molecular complexity index is 1010. The van der Waals surface area contributed by atoms with E-state index in [0.717, 1.165) is 18.6 Å². The second-order valence-electron chi connectivity index (χ2n) is 8.06. The first-order chi connectivity index (χ1) is 15.3. The highest BCUT2D eigenvalue weighted by atomic mass is 19.4. The molecular formula is C23H23F3N4O2. The molecule has 2 amide bonds. The summed E-state index contributed by atoms with van der Waals surface area (Å²) in [7, 11) is 1.56. The molecular weight excluding hydrogens is 421 g/mol. The van der Waals surface area contributed by atoms with E-state index in [1.54, 1.807) is 7.05 Å². The van der Waals surface area contributed by atoms with E-state index >= 15 is 0 Å². The molecule has 4 rings (SSSR count). The molecule has 2 aliphatic carbocycles. The van der Waals surface area contributed by atoms with Crippen molar-refractivity contribution in [2.45, 2.75) is 12.6 Å². The molecule has 0 aromatic heterocycles. The summed E-state index contributed by atoms with van der Waals surface area (Å²) in [5.74, 6) is 5.64. The number of amides is 2. The van der Waals surface area contributed by atoms with Gasteiger partial charge in [0.15, 0.2) is 5.96 Å². The summed E-state index contributed by atoms with van der Waals surface area (Å²) in [6.45, 7) is 0.748. The van der Waals surface area contributed by atoms with Gasteiger partial charge in [-0.05, 0) is 36.5 Å². The van der Waals surface area contributed by atoms with Gasteiger partial charge in [0.1, 0.15) is 0 Å². The van der Waals surface area contributed by atoms with E-state index in [4.69, 9.17) is 0 Å². The predicted molar refractivity (Wildman–Crippen MR) is 112 cm³/mol. The summed E-state index contributed by atoms with van der Waals surface area (Å²) in [4.78, 5) is 30.7. The molecule has 1 aromatic carbocycles. The minimum absolute atomic E-state index is 0.0893. The first-order valence-corrected chi connectivity index (χ1v) is 10.4. The third-order valence-electron chi connectivity index (χ3n) is 6.18. The Balaban J connectivity index is 1.24.